The molecule has 6 nitrogen and oxygen atoms in total. The summed E-state index contributed by atoms with van der Waals surface area (Å²) in [7, 11) is -2.01. The lowest BCUT2D eigenvalue weighted by Gasteiger charge is -2.37. The molecule has 0 aromatic heterocycles. The molecule has 1 saturated heterocycles. The van der Waals surface area contributed by atoms with Crippen LogP contribution in [0.1, 0.15) is 24.4 Å². The van der Waals surface area contributed by atoms with Gasteiger partial charge in [0, 0.05) is 12.6 Å². The molecule has 0 amide bonds. The number of nitrogens with one attached hydrogen (secondary N) is 1. The van der Waals surface area contributed by atoms with Gasteiger partial charge in [-0.25, -0.2) is 22.3 Å². The number of ether oxygens (including phenoxy) is 1. The number of methoxy groups -OCH3 is 1. The molecule has 0 radical (unpaired) electrons. The van der Waals surface area contributed by atoms with E-state index in [0.29, 0.717) is 25.1 Å². The Labute approximate surface area is 135 Å². The van der Waals surface area contributed by atoms with Crippen LogP contribution in [-0.4, -0.2) is 51.8 Å². The second kappa shape index (κ2) is 7.37. The van der Waals surface area contributed by atoms with Crippen molar-refractivity contribution >= 4 is 16.0 Å². The number of hydrogen-bond acceptors (Lipinski definition) is 5. The molecule has 1 heterocycles. The van der Waals surface area contributed by atoms with Crippen LogP contribution in [0.25, 0.3) is 0 Å². The maximum absolute atomic E-state index is 13.1. The summed E-state index contributed by atoms with van der Waals surface area (Å²) in [5.74, 6) is -0.829. The van der Waals surface area contributed by atoms with Crippen LogP contribution >= 0.6 is 0 Å². The van der Waals surface area contributed by atoms with E-state index in [1.807, 2.05) is 4.90 Å². The molecule has 1 N–H and O–H groups in total. The van der Waals surface area contributed by atoms with Crippen molar-refractivity contribution in [2.45, 2.75) is 24.9 Å². The number of carbonyl (C=O) groups is 1. The first-order chi connectivity index (χ1) is 10.8. The van der Waals surface area contributed by atoms with E-state index in [9.17, 15) is 17.6 Å². The number of esters is 1. The standard InChI is InChI=1S/C15H21FN2O4S/c1-22-15(19)14(11-5-7-12(16)8-6-11)18-9-3-4-13(10-18)17-23(2,20)21/h5-8,13-14,17H,3-4,9-10H2,1-2H3/t13-,14-/m0/s1. The quantitative estimate of drug-likeness (QED) is 0.808. The fourth-order valence-electron chi connectivity index (χ4n) is 2.89. The van der Waals surface area contributed by atoms with Crippen LogP contribution in [0, 0.1) is 5.82 Å². The lowest BCUT2D eigenvalue weighted by molar-refractivity contribution is -0.147. The van der Waals surface area contributed by atoms with E-state index in [-0.39, 0.29) is 11.9 Å². The minimum atomic E-state index is -3.31. The van der Waals surface area contributed by atoms with E-state index in [4.69, 9.17) is 4.74 Å². The highest BCUT2D eigenvalue weighted by molar-refractivity contribution is 7.88. The van der Waals surface area contributed by atoms with Gasteiger partial charge >= 0.3 is 5.97 Å². The Balaban J connectivity index is 2.21. The highest BCUT2D eigenvalue weighted by Crippen LogP contribution is 2.26. The van der Waals surface area contributed by atoms with Crippen LogP contribution in [0.15, 0.2) is 24.3 Å². The Kier molecular flexibility index (Phi) is 5.72. The molecule has 1 fully saturated rings. The monoisotopic (exact) mass is 344 g/mol. The topological polar surface area (TPSA) is 75.7 Å². The Morgan fingerprint density at radius 1 is 1.39 bits per heavy atom. The molecular weight excluding hydrogens is 323 g/mol. The fraction of sp³-hybridized carbons (Fsp3) is 0.533. The van der Waals surface area contributed by atoms with Crippen LogP contribution in [-0.2, 0) is 19.6 Å². The lowest BCUT2D eigenvalue weighted by atomic mass is 10.00. The number of carbonyl (C=O) groups excluding carboxylic acids is 1. The largest absolute Gasteiger partial charge is 0.468 e. The molecule has 1 aliphatic rings. The first-order valence-electron chi connectivity index (χ1n) is 7.35. The maximum atomic E-state index is 13.1. The summed E-state index contributed by atoms with van der Waals surface area (Å²) < 4.78 is 43.4. The number of halogens is 1. The molecule has 1 aromatic carbocycles. The number of benzene rings is 1. The van der Waals surface area contributed by atoms with Crippen LogP contribution in [0.3, 0.4) is 0 Å². The van der Waals surface area contributed by atoms with Crippen molar-refractivity contribution in [1.82, 2.24) is 9.62 Å². The molecule has 0 bridgehead atoms. The zero-order chi connectivity index (χ0) is 17.0. The fourth-order valence-corrected chi connectivity index (χ4v) is 3.69. The van der Waals surface area contributed by atoms with Gasteiger partial charge in [-0.1, -0.05) is 12.1 Å². The molecule has 8 heteroatoms. The smallest absolute Gasteiger partial charge is 0.327 e. The predicted octanol–water partition coefficient (Wildman–Crippen LogP) is 1.05. The van der Waals surface area contributed by atoms with Gasteiger partial charge in [-0.05, 0) is 37.1 Å². The molecular formula is C15H21FN2O4S. The molecule has 2 rings (SSSR count). The van der Waals surface area contributed by atoms with Crippen molar-refractivity contribution < 1.29 is 22.3 Å². The first kappa shape index (κ1) is 17.8. The van der Waals surface area contributed by atoms with Gasteiger partial charge in [-0.2, -0.15) is 0 Å². The molecule has 1 aliphatic heterocycles. The Bertz CT molecular complexity index is 648. The van der Waals surface area contributed by atoms with Gasteiger partial charge in [0.2, 0.25) is 10.0 Å². The van der Waals surface area contributed by atoms with E-state index < -0.39 is 22.0 Å². The molecule has 0 saturated carbocycles. The van der Waals surface area contributed by atoms with Crippen molar-refractivity contribution in [2.24, 2.45) is 0 Å². The van der Waals surface area contributed by atoms with Gasteiger partial charge in [0.25, 0.3) is 0 Å². The molecule has 2 atom stereocenters. The average Bonchev–Trinajstić information content (AvgIpc) is 2.48. The van der Waals surface area contributed by atoms with Gasteiger partial charge in [-0.3, -0.25) is 4.90 Å². The number of rotatable bonds is 5. The molecule has 0 aliphatic carbocycles. The normalized spacial score (nSPS) is 20.9. The predicted molar refractivity (Wildman–Crippen MR) is 83.7 cm³/mol. The van der Waals surface area contributed by atoms with Gasteiger partial charge in [-0.15, -0.1) is 0 Å². The van der Waals surface area contributed by atoms with Gasteiger partial charge in [0.1, 0.15) is 11.9 Å². The minimum Gasteiger partial charge on any atom is -0.468 e. The summed E-state index contributed by atoms with van der Waals surface area (Å²) in [6, 6.07) is 4.74. The average molecular weight is 344 g/mol. The van der Waals surface area contributed by atoms with Crippen LogP contribution in [0.5, 0.6) is 0 Å². The van der Waals surface area contributed by atoms with Crippen molar-refractivity contribution in [3.05, 3.63) is 35.6 Å². The highest BCUT2D eigenvalue weighted by Gasteiger charge is 2.33. The Hall–Kier alpha value is -1.51. The number of piperidine rings is 1. The zero-order valence-corrected chi connectivity index (χ0v) is 14.0. The van der Waals surface area contributed by atoms with Crippen molar-refractivity contribution in [3.8, 4) is 0 Å². The van der Waals surface area contributed by atoms with Crippen molar-refractivity contribution in [1.29, 1.82) is 0 Å². The molecule has 0 unspecified atom stereocenters. The summed E-state index contributed by atoms with van der Waals surface area (Å²) >= 11 is 0. The van der Waals surface area contributed by atoms with Gasteiger partial charge in [0.05, 0.1) is 13.4 Å². The summed E-state index contributed by atoms with van der Waals surface area (Å²) in [5, 5.41) is 0. The molecule has 23 heavy (non-hydrogen) atoms. The SMILES string of the molecule is COC(=O)[C@H](c1ccc(F)cc1)N1CCC[C@H](NS(C)(=O)=O)C1. The maximum Gasteiger partial charge on any atom is 0.327 e. The number of sulfonamides is 1. The van der Waals surface area contributed by atoms with E-state index in [1.54, 1.807) is 12.1 Å². The number of likely N-dealkylation sites (tertiary alicyclic amines) is 1. The molecule has 0 spiro atoms. The van der Waals surface area contributed by atoms with E-state index in [2.05, 4.69) is 4.72 Å². The van der Waals surface area contributed by atoms with Crippen molar-refractivity contribution in [2.75, 3.05) is 26.5 Å². The summed E-state index contributed by atoms with van der Waals surface area (Å²) in [6.07, 6.45) is 2.58. The minimum absolute atomic E-state index is 0.258. The van der Waals surface area contributed by atoms with E-state index >= 15 is 0 Å². The van der Waals surface area contributed by atoms with E-state index in [1.165, 1.54) is 19.2 Å². The lowest BCUT2D eigenvalue weighted by Crippen LogP contribution is -2.49. The second-order valence-electron chi connectivity index (χ2n) is 5.70. The van der Waals surface area contributed by atoms with Crippen LogP contribution < -0.4 is 4.72 Å². The Morgan fingerprint density at radius 2 is 2.04 bits per heavy atom. The highest BCUT2D eigenvalue weighted by atomic mass is 32.2. The summed E-state index contributed by atoms with van der Waals surface area (Å²) in [5.41, 5.74) is 0.623. The van der Waals surface area contributed by atoms with Crippen LogP contribution in [0.2, 0.25) is 0 Å². The second-order valence-corrected chi connectivity index (χ2v) is 7.48. The zero-order valence-electron chi connectivity index (χ0n) is 13.2. The van der Waals surface area contributed by atoms with Gasteiger partial charge in [0.15, 0.2) is 0 Å². The third-order valence-corrected chi connectivity index (χ3v) is 4.57. The first-order valence-corrected chi connectivity index (χ1v) is 9.24. The third kappa shape index (κ3) is 4.98. The number of nitrogens with zero attached hydrogens (tertiary/aromatic N) is 1. The summed E-state index contributed by atoms with van der Waals surface area (Å²) in [4.78, 5) is 14.1. The van der Waals surface area contributed by atoms with Gasteiger partial charge < -0.3 is 4.74 Å². The molecule has 1 aromatic rings. The number of hydrogen-bond donors (Lipinski definition) is 1. The Morgan fingerprint density at radius 3 is 2.61 bits per heavy atom. The summed E-state index contributed by atoms with van der Waals surface area (Å²) in [6.45, 7) is 1.03. The van der Waals surface area contributed by atoms with Crippen molar-refractivity contribution in [3.63, 3.8) is 0 Å². The van der Waals surface area contributed by atoms with Crippen LogP contribution in [0.4, 0.5) is 4.39 Å². The molecule has 128 valence electrons. The third-order valence-electron chi connectivity index (χ3n) is 3.81. The van der Waals surface area contributed by atoms with E-state index in [0.717, 1.165) is 12.7 Å².